The number of rotatable bonds is 6. The molecule has 7 heteroatoms. The van der Waals surface area contributed by atoms with Gasteiger partial charge in [0, 0.05) is 18.4 Å². The highest BCUT2D eigenvalue weighted by atomic mass is 79.9. The Morgan fingerprint density at radius 3 is 2.74 bits per heavy atom. The number of thiophene rings is 1. The van der Waals surface area contributed by atoms with Crippen LogP contribution < -0.4 is 4.72 Å². The van der Waals surface area contributed by atoms with E-state index in [1.165, 1.54) is 11.3 Å². The van der Waals surface area contributed by atoms with Crippen LogP contribution >= 0.6 is 27.3 Å². The topological polar surface area (TPSA) is 59.1 Å². The SMILES string of the molecule is O=S(=O)(NCCCc1ccccn1)c1ccc(Br)s1. The van der Waals surface area contributed by atoms with Crippen molar-refractivity contribution in [3.8, 4) is 0 Å². The summed E-state index contributed by atoms with van der Waals surface area (Å²) in [4.78, 5) is 4.19. The number of nitrogens with zero attached hydrogens (tertiary/aromatic N) is 1. The number of hydrogen-bond donors (Lipinski definition) is 1. The average Bonchev–Trinajstić information content (AvgIpc) is 2.84. The van der Waals surface area contributed by atoms with Crippen LogP contribution in [0.25, 0.3) is 0 Å². The van der Waals surface area contributed by atoms with Gasteiger partial charge in [0.05, 0.1) is 3.79 Å². The molecular weight excluding hydrogens is 348 g/mol. The monoisotopic (exact) mass is 360 g/mol. The van der Waals surface area contributed by atoms with Crippen molar-refractivity contribution in [2.45, 2.75) is 17.1 Å². The Morgan fingerprint density at radius 1 is 1.26 bits per heavy atom. The first-order valence-corrected chi connectivity index (χ1v) is 8.82. The fraction of sp³-hybridized carbons (Fsp3) is 0.250. The predicted molar refractivity (Wildman–Crippen MR) is 79.8 cm³/mol. The second-order valence-electron chi connectivity index (χ2n) is 3.88. The summed E-state index contributed by atoms with van der Waals surface area (Å²) in [5.41, 5.74) is 0.973. The van der Waals surface area contributed by atoms with Gasteiger partial charge in [0.15, 0.2) is 0 Å². The van der Waals surface area contributed by atoms with E-state index in [0.717, 1.165) is 22.3 Å². The Kier molecular flexibility index (Phi) is 5.09. The molecule has 19 heavy (non-hydrogen) atoms. The molecule has 2 rings (SSSR count). The quantitative estimate of drug-likeness (QED) is 0.805. The summed E-state index contributed by atoms with van der Waals surface area (Å²) in [6.07, 6.45) is 3.23. The summed E-state index contributed by atoms with van der Waals surface area (Å²) in [7, 11) is -3.38. The van der Waals surface area contributed by atoms with Crippen LogP contribution in [0.2, 0.25) is 0 Å². The van der Waals surface area contributed by atoms with Crippen molar-refractivity contribution in [1.29, 1.82) is 0 Å². The molecule has 2 aromatic rings. The maximum absolute atomic E-state index is 11.9. The molecule has 0 saturated heterocycles. The van der Waals surface area contributed by atoms with Gasteiger partial charge in [0.25, 0.3) is 0 Å². The first-order valence-electron chi connectivity index (χ1n) is 5.73. The summed E-state index contributed by atoms with van der Waals surface area (Å²) in [5.74, 6) is 0. The van der Waals surface area contributed by atoms with Gasteiger partial charge < -0.3 is 0 Å². The van der Waals surface area contributed by atoms with Gasteiger partial charge in [-0.25, -0.2) is 13.1 Å². The lowest BCUT2D eigenvalue weighted by molar-refractivity contribution is 0.581. The molecule has 0 aromatic carbocycles. The number of pyridine rings is 1. The number of hydrogen-bond acceptors (Lipinski definition) is 4. The van der Waals surface area contributed by atoms with Crippen LogP contribution in [0, 0.1) is 0 Å². The molecule has 0 radical (unpaired) electrons. The van der Waals surface area contributed by atoms with Crippen LogP contribution in [-0.4, -0.2) is 19.9 Å². The van der Waals surface area contributed by atoms with Gasteiger partial charge in [-0.2, -0.15) is 0 Å². The maximum atomic E-state index is 11.9. The number of halogens is 1. The van der Waals surface area contributed by atoms with Crippen molar-refractivity contribution in [2.24, 2.45) is 0 Å². The van der Waals surface area contributed by atoms with E-state index in [2.05, 4.69) is 25.6 Å². The minimum Gasteiger partial charge on any atom is -0.261 e. The summed E-state index contributed by atoms with van der Waals surface area (Å²) in [6.45, 7) is 0.411. The van der Waals surface area contributed by atoms with E-state index in [0.29, 0.717) is 10.8 Å². The van der Waals surface area contributed by atoms with Crippen molar-refractivity contribution in [2.75, 3.05) is 6.54 Å². The molecule has 0 spiro atoms. The molecule has 0 atom stereocenters. The molecule has 1 N–H and O–H groups in total. The largest absolute Gasteiger partial charge is 0.261 e. The average molecular weight is 361 g/mol. The van der Waals surface area contributed by atoms with Crippen LogP contribution in [-0.2, 0) is 16.4 Å². The Labute approximate surface area is 125 Å². The molecule has 0 bridgehead atoms. The third kappa shape index (κ3) is 4.38. The zero-order valence-electron chi connectivity index (χ0n) is 10.0. The van der Waals surface area contributed by atoms with Crippen LogP contribution in [0.3, 0.4) is 0 Å². The van der Waals surface area contributed by atoms with Crippen molar-refractivity contribution in [3.05, 3.63) is 46.0 Å². The number of aryl methyl sites for hydroxylation is 1. The molecule has 0 saturated carbocycles. The number of aromatic nitrogens is 1. The lowest BCUT2D eigenvalue weighted by Gasteiger charge is -2.04. The van der Waals surface area contributed by atoms with Gasteiger partial charge in [-0.15, -0.1) is 11.3 Å². The Bertz CT molecular complexity index is 626. The Balaban J connectivity index is 1.83. The van der Waals surface area contributed by atoms with Crippen molar-refractivity contribution < 1.29 is 8.42 Å². The molecule has 4 nitrogen and oxygen atoms in total. The van der Waals surface area contributed by atoms with E-state index in [4.69, 9.17) is 0 Å². The molecule has 0 aliphatic heterocycles. The second kappa shape index (κ2) is 6.60. The van der Waals surface area contributed by atoms with Gasteiger partial charge in [0.1, 0.15) is 4.21 Å². The molecule has 2 aromatic heterocycles. The highest BCUT2D eigenvalue weighted by molar-refractivity contribution is 9.11. The minimum absolute atomic E-state index is 0.331. The van der Waals surface area contributed by atoms with Crippen LogP contribution in [0.1, 0.15) is 12.1 Å². The molecule has 0 amide bonds. The fourth-order valence-electron chi connectivity index (χ4n) is 1.54. The van der Waals surface area contributed by atoms with Crippen molar-refractivity contribution >= 4 is 37.3 Å². The molecule has 0 fully saturated rings. The van der Waals surface area contributed by atoms with E-state index in [-0.39, 0.29) is 0 Å². The highest BCUT2D eigenvalue weighted by Gasteiger charge is 2.15. The first kappa shape index (κ1) is 14.6. The molecule has 0 unspecified atom stereocenters. The lowest BCUT2D eigenvalue weighted by Crippen LogP contribution is -2.24. The summed E-state index contributed by atoms with van der Waals surface area (Å²) in [6, 6.07) is 9.05. The lowest BCUT2D eigenvalue weighted by atomic mass is 10.2. The minimum atomic E-state index is -3.38. The van der Waals surface area contributed by atoms with Gasteiger partial charge in [0.2, 0.25) is 10.0 Å². The normalized spacial score (nSPS) is 11.6. The summed E-state index contributed by atoms with van der Waals surface area (Å²) >= 11 is 4.46. The predicted octanol–water partition coefficient (Wildman–Crippen LogP) is 2.82. The standard InChI is InChI=1S/C12H13BrN2O2S2/c13-11-6-7-12(18-11)19(16,17)15-9-3-5-10-4-1-2-8-14-10/h1-2,4,6-8,15H,3,5,9H2. The zero-order valence-corrected chi connectivity index (χ0v) is 13.3. The van der Waals surface area contributed by atoms with E-state index in [1.807, 2.05) is 18.2 Å². The third-order valence-corrected chi connectivity index (χ3v) is 6.02. The van der Waals surface area contributed by atoms with Crippen molar-refractivity contribution in [1.82, 2.24) is 9.71 Å². The molecule has 102 valence electrons. The van der Waals surface area contributed by atoms with Crippen molar-refractivity contribution in [3.63, 3.8) is 0 Å². The smallest absolute Gasteiger partial charge is 0.250 e. The number of nitrogens with one attached hydrogen (secondary N) is 1. The van der Waals surface area contributed by atoms with E-state index >= 15 is 0 Å². The Morgan fingerprint density at radius 2 is 2.11 bits per heavy atom. The van der Waals surface area contributed by atoms with E-state index in [9.17, 15) is 8.42 Å². The van der Waals surface area contributed by atoms with Gasteiger partial charge in [-0.3, -0.25) is 4.98 Å². The van der Waals surface area contributed by atoms with Gasteiger partial charge >= 0.3 is 0 Å². The molecular formula is C12H13BrN2O2S2. The maximum Gasteiger partial charge on any atom is 0.250 e. The van der Waals surface area contributed by atoms with Crippen LogP contribution in [0.15, 0.2) is 44.5 Å². The molecule has 0 aliphatic rings. The van der Waals surface area contributed by atoms with Crippen LogP contribution in [0.5, 0.6) is 0 Å². The van der Waals surface area contributed by atoms with E-state index in [1.54, 1.807) is 18.3 Å². The van der Waals surface area contributed by atoms with E-state index < -0.39 is 10.0 Å². The fourth-order valence-corrected chi connectivity index (χ4v) is 4.66. The second-order valence-corrected chi connectivity index (χ2v) is 8.34. The van der Waals surface area contributed by atoms with Crippen LogP contribution in [0.4, 0.5) is 0 Å². The van der Waals surface area contributed by atoms with Gasteiger partial charge in [-0.05, 0) is 53.0 Å². The van der Waals surface area contributed by atoms with Gasteiger partial charge in [-0.1, -0.05) is 6.07 Å². The Hall–Kier alpha value is -0.760. The molecule has 0 aliphatic carbocycles. The third-order valence-electron chi connectivity index (χ3n) is 2.44. The summed E-state index contributed by atoms with van der Waals surface area (Å²) in [5, 5.41) is 0. The summed E-state index contributed by atoms with van der Waals surface area (Å²) < 4.78 is 27.6. The first-order chi connectivity index (χ1) is 9.08. The highest BCUT2D eigenvalue weighted by Crippen LogP contribution is 2.25. The zero-order chi connectivity index (χ0) is 13.7. The molecule has 2 heterocycles. The number of sulfonamides is 1.